The molecule has 0 spiro atoms. The third-order valence-corrected chi connectivity index (χ3v) is 3.55. The van der Waals surface area contributed by atoms with E-state index in [0.717, 1.165) is 36.2 Å². The van der Waals surface area contributed by atoms with Gasteiger partial charge in [-0.3, -0.25) is 10.1 Å². The van der Waals surface area contributed by atoms with E-state index >= 15 is 0 Å². The molecule has 0 aliphatic carbocycles. The van der Waals surface area contributed by atoms with Gasteiger partial charge in [0.25, 0.3) is 5.91 Å². The average Bonchev–Trinajstić information content (AvgIpc) is 2.89. The minimum atomic E-state index is -0.889. The van der Waals surface area contributed by atoms with Crippen molar-refractivity contribution in [3.63, 3.8) is 0 Å². The molecule has 10 heteroatoms. The molecule has 7 nitrogen and oxygen atoms in total. The molecule has 0 aromatic heterocycles. The number of halogens is 2. The maximum atomic E-state index is 13.6. The summed E-state index contributed by atoms with van der Waals surface area (Å²) in [6, 6.07) is 3.06. The molecular formula is C14H8F2N4O3S. The number of amidine groups is 1. The SMILES string of the molecule is COC(=O)/C=C1/S/C(=N\N=Cc2cc(F)c(C#N)cc2F)NC1=O. The Bertz CT molecular complexity index is 843. The molecule has 1 fully saturated rings. The Morgan fingerprint density at radius 1 is 1.42 bits per heavy atom. The average molecular weight is 350 g/mol. The van der Waals surface area contributed by atoms with Crippen LogP contribution >= 0.6 is 11.8 Å². The molecule has 2 rings (SSSR count). The molecule has 24 heavy (non-hydrogen) atoms. The molecule has 0 saturated carbocycles. The zero-order valence-corrected chi connectivity index (χ0v) is 12.9. The summed E-state index contributed by atoms with van der Waals surface area (Å²) in [6.07, 6.45) is 1.92. The molecule has 1 heterocycles. The van der Waals surface area contributed by atoms with E-state index in [-0.39, 0.29) is 15.6 Å². The lowest BCUT2D eigenvalue weighted by Crippen LogP contribution is -2.19. The van der Waals surface area contributed by atoms with Crippen molar-refractivity contribution in [3.05, 3.63) is 45.9 Å². The third-order valence-electron chi connectivity index (χ3n) is 2.65. The molecule has 1 aliphatic heterocycles. The van der Waals surface area contributed by atoms with Crippen LogP contribution in [0.2, 0.25) is 0 Å². The summed E-state index contributed by atoms with van der Waals surface area (Å²) in [6.45, 7) is 0. The molecule has 122 valence electrons. The highest BCUT2D eigenvalue weighted by Gasteiger charge is 2.25. The zero-order valence-electron chi connectivity index (χ0n) is 12.0. The quantitative estimate of drug-likeness (QED) is 0.384. The first kappa shape index (κ1) is 17.3. The third kappa shape index (κ3) is 4.02. The first-order chi connectivity index (χ1) is 11.4. The Morgan fingerprint density at radius 2 is 2.17 bits per heavy atom. The van der Waals surface area contributed by atoms with Gasteiger partial charge in [-0.25, -0.2) is 13.6 Å². The lowest BCUT2D eigenvalue weighted by atomic mass is 10.1. The van der Waals surface area contributed by atoms with E-state index in [4.69, 9.17) is 5.26 Å². The largest absolute Gasteiger partial charge is 0.466 e. The molecule has 1 aliphatic rings. The fourth-order valence-corrected chi connectivity index (χ4v) is 2.27. The maximum Gasteiger partial charge on any atom is 0.331 e. The standard InChI is InChI=1S/C14H8F2N4O3S/c1-23-12(21)4-11-13(22)19-14(24-11)20-18-6-8-3-9(15)7(5-17)2-10(8)16/h2-4,6H,1H3,(H,19,20,22)/b11-4+,18-6?. The number of nitriles is 1. The monoisotopic (exact) mass is 350 g/mol. The van der Waals surface area contributed by atoms with E-state index in [0.29, 0.717) is 0 Å². The van der Waals surface area contributed by atoms with Crippen molar-refractivity contribution in [2.75, 3.05) is 7.11 Å². The molecule has 0 bridgehead atoms. The van der Waals surface area contributed by atoms with Gasteiger partial charge in [0.15, 0.2) is 5.17 Å². The van der Waals surface area contributed by atoms with Gasteiger partial charge >= 0.3 is 5.97 Å². The molecule has 0 atom stereocenters. The Kier molecular flexibility index (Phi) is 5.39. The van der Waals surface area contributed by atoms with Crippen LogP contribution < -0.4 is 5.32 Å². The highest BCUT2D eigenvalue weighted by molar-refractivity contribution is 8.18. The number of carbonyl (C=O) groups is 2. The highest BCUT2D eigenvalue weighted by Crippen LogP contribution is 2.23. The zero-order chi connectivity index (χ0) is 17.7. The first-order valence-electron chi connectivity index (χ1n) is 6.23. The predicted octanol–water partition coefficient (Wildman–Crippen LogP) is 1.45. The van der Waals surface area contributed by atoms with E-state index in [9.17, 15) is 18.4 Å². The molecular weight excluding hydrogens is 342 g/mol. The second-order valence-corrected chi connectivity index (χ2v) is 5.23. The highest BCUT2D eigenvalue weighted by atomic mass is 32.2. The van der Waals surface area contributed by atoms with Crippen LogP contribution in [-0.2, 0) is 14.3 Å². The summed E-state index contributed by atoms with van der Waals surface area (Å²) < 4.78 is 31.4. The van der Waals surface area contributed by atoms with Gasteiger partial charge in [-0.15, -0.1) is 5.10 Å². The second-order valence-electron chi connectivity index (χ2n) is 4.20. The van der Waals surface area contributed by atoms with Crippen LogP contribution in [0.4, 0.5) is 8.78 Å². The normalized spacial score (nSPS) is 17.3. The van der Waals surface area contributed by atoms with Crippen molar-refractivity contribution >= 4 is 35.0 Å². The second kappa shape index (κ2) is 7.47. The molecule has 1 saturated heterocycles. The van der Waals surface area contributed by atoms with Crippen molar-refractivity contribution in [2.45, 2.75) is 0 Å². The van der Waals surface area contributed by atoms with Crippen molar-refractivity contribution in [3.8, 4) is 6.07 Å². The molecule has 1 aromatic rings. The van der Waals surface area contributed by atoms with Gasteiger partial charge in [0.1, 0.15) is 17.7 Å². The lowest BCUT2D eigenvalue weighted by molar-refractivity contribution is -0.135. The molecule has 0 radical (unpaired) electrons. The number of hydrogen-bond donors (Lipinski definition) is 1. The van der Waals surface area contributed by atoms with Crippen molar-refractivity contribution in [1.29, 1.82) is 5.26 Å². The predicted molar refractivity (Wildman–Crippen MR) is 81.9 cm³/mol. The van der Waals surface area contributed by atoms with Crippen molar-refractivity contribution < 1.29 is 23.1 Å². The van der Waals surface area contributed by atoms with Gasteiger partial charge in [0.2, 0.25) is 0 Å². The van der Waals surface area contributed by atoms with Gasteiger partial charge < -0.3 is 4.74 Å². The molecule has 1 amide bonds. The van der Waals surface area contributed by atoms with Gasteiger partial charge in [0.05, 0.1) is 23.8 Å². The summed E-state index contributed by atoms with van der Waals surface area (Å²) in [5.41, 5.74) is -0.636. The molecule has 1 aromatic carbocycles. The number of nitrogens with one attached hydrogen (secondary N) is 1. The number of nitrogens with zero attached hydrogens (tertiary/aromatic N) is 3. The van der Waals surface area contributed by atoms with Crippen LogP contribution in [0.25, 0.3) is 0 Å². The van der Waals surface area contributed by atoms with Crippen LogP contribution in [0, 0.1) is 23.0 Å². The van der Waals surface area contributed by atoms with Gasteiger partial charge in [0, 0.05) is 11.6 Å². The summed E-state index contributed by atoms with van der Waals surface area (Å²) >= 11 is 0.836. The van der Waals surface area contributed by atoms with Crippen LogP contribution in [0.5, 0.6) is 0 Å². The van der Waals surface area contributed by atoms with Gasteiger partial charge in [-0.05, 0) is 23.9 Å². The smallest absolute Gasteiger partial charge is 0.331 e. The minimum Gasteiger partial charge on any atom is -0.466 e. The summed E-state index contributed by atoms with van der Waals surface area (Å²) in [7, 11) is 1.17. The number of esters is 1. The Labute approximate surface area is 138 Å². The van der Waals surface area contributed by atoms with E-state index in [2.05, 4.69) is 20.3 Å². The van der Waals surface area contributed by atoms with Gasteiger partial charge in [-0.1, -0.05) is 0 Å². The minimum absolute atomic E-state index is 0.0564. The van der Waals surface area contributed by atoms with Crippen LogP contribution in [0.1, 0.15) is 11.1 Å². The fraction of sp³-hybridized carbons (Fsp3) is 0.0714. The number of rotatable bonds is 3. The van der Waals surface area contributed by atoms with Crippen LogP contribution in [0.15, 0.2) is 33.3 Å². The topological polar surface area (TPSA) is 104 Å². The van der Waals surface area contributed by atoms with Crippen molar-refractivity contribution in [1.82, 2.24) is 5.32 Å². The number of methoxy groups -OCH3 is 1. The Hall–Kier alpha value is -3.06. The number of thioether (sulfide) groups is 1. The molecule has 1 N–H and O–H groups in total. The lowest BCUT2D eigenvalue weighted by Gasteiger charge is -1.98. The van der Waals surface area contributed by atoms with Crippen molar-refractivity contribution in [2.24, 2.45) is 10.2 Å². The van der Waals surface area contributed by atoms with E-state index in [1.54, 1.807) is 0 Å². The first-order valence-corrected chi connectivity index (χ1v) is 7.05. The molecule has 0 unspecified atom stereocenters. The summed E-state index contributed by atoms with van der Waals surface area (Å²) in [5.74, 6) is -2.99. The number of hydrogen-bond acceptors (Lipinski definition) is 7. The van der Waals surface area contributed by atoms with E-state index < -0.39 is 29.1 Å². The van der Waals surface area contributed by atoms with Crippen LogP contribution in [0.3, 0.4) is 0 Å². The van der Waals surface area contributed by atoms with E-state index in [1.807, 2.05) is 0 Å². The summed E-state index contributed by atoms with van der Waals surface area (Å²) in [4.78, 5) is 22.7. The number of ether oxygens (including phenoxy) is 1. The number of amides is 1. The number of benzene rings is 1. The van der Waals surface area contributed by atoms with Crippen LogP contribution in [-0.4, -0.2) is 30.4 Å². The maximum absolute atomic E-state index is 13.6. The Balaban J connectivity index is 2.15. The fourth-order valence-electron chi connectivity index (χ4n) is 1.53. The van der Waals surface area contributed by atoms with Gasteiger partial charge in [-0.2, -0.15) is 10.4 Å². The summed E-state index contributed by atoms with van der Waals surface area (Å²) in [5, 5.41) is 18.2. The van der Waals surface area contributed by atoms with E-state index in [1.165, 1.54) is 13.2 Å². The Morgan fingerprint density at radius 3 is 2.83 bits per heavy atom. The number of carbonyl (C=O) groups excluding carboxylic acids is 2.